The van der Waals surface area contributed by atoms with Gasteiger partial charge in [-0.05, 0) is 60.8 Å². The highest BCUT2D eigenvalue weighted by Crippen LogP contribution is 2.43. The third-order valence-corrected chi connectivity index (χ3v) is 7.51. The van der Waals surface area contributed by atoms with Gasteiger partial charge in [0.25, 0.3) is 5.91 Å². The minimum atomic E-state index is -0.813. The van der Waals surface area contributed by atoms with Crippen LogP contribution in [0.4, 0.5) is 8.78 Å². The molecule has 31 heavy (non-hydrogen) atoms. The van der Waals surface area contributed by atoms with Crippen molar-refractivity contribution in [1.82, 2.24) is 9.80 Å². The van der Waals surface area contributed by atoms with Crippen molar-refractivity contribution in [3.8, 4) is 0 Å². The van der Waals surface area contributed by atoms with E-state index in [1.165, 1.54) is 18.6 Å². The predicted octanol–water partition coefficient (Wildman–Crippen LogP) is 4.07. The maximum absolute atomic E-state index is 14.4. The number of nitrogens with zero attached hydrogens (tertiary/aromatic N) is 2. The van der Waals surface area contributed by atoms with E-state index in [1.807, 2.05) is 23.1 Å². The van der Waals surface area contributed by atoms with E-state index in [9.17, 15) is 18.4 Å². The lowest BCUT2D eigenvalue weighted by atomic mass is 9.76. The zero-order valence-electron chi connectivity index (χ0n) is 17.7. The Hall–Kier alpha value is -2.76. The molecule has 1 atom stereocenters. The lowest BCUT2D eigenvalue weighted by molar-refractivity contribution is -0.132. The van der Waals surface area contributed by atoms with E-state index in [1.54, 1.807) is 4.90 Å². The highest BCUT2D eigenvalue weighted by atomic mass is 19.1. The van der Waals surface area contributed by atoms with Crippen LogP contribution >= 0.6 is 0 Å². The molecule has 1 aliphatic carbocycles. The second-order valence-electron chi connectivity index (χ2n) is 9.31. The summed E-state index contributed by atoms with van der Waals surface area (Å²) in [5.41, 5.74) is 2.22. The maximum atomic E-state index is 14.4. The van der Waals surface area contributed by atoms with E-state index >= 15 is 0 Å². The Bertz CT molecular complexity index is 1060. The second kappa shape index (κ2) is 7.43. The van der Waals surface area contributed by atoms with Crippen molar-refractivity contribution in [2.45, 2.75) is 38.5 Å². The van der Waals surface area contributed by atoms with E-state index in [-0.39, 0.29) is 22.8 Å². The van der Waals surface area contributed by atoms with Gasteiger partial charge < -0.3 is 9.80 Å². The summed E-state index contributed by atoms with van der Waals surface area (Å²) >= 11 is 0. The number of halogens is 2. The molecule has 0 saturated carbocycles. The molecule has 0 radical (unpaired) electrons. The molecule has 0 bridgehead atoms. The van der Waals surface area contributed by atoms with Gasteiger partial charge in [-0.1, -0.05) is 30.3 Å². The summed E-state index contributed by atoms with van der Waals surface area (Å²) in [6.45, 7) is 3.90. The van der Waals surface area contributed by atoms with Gasteiger partial charge in [-0.2, -0.15) is 0 Å². The molecule has 2 fully saturated rings. The van der Waals surface area contributed by atoms with Crippen molar-refractivity contribution in [2.75, 3.05) is 26.2 Å². The number of hydrogen-bond acceptors (Lipinski definition) is 2. The van der Waals surface area contributed by atoms with Crippen molar-refractivity contribution in [2.24, 2.45) is 5.41 Å². The van der Waals surface area contributed by atoms with Gasteiger partial charge in [-0.3, -0.25) is 9.59 Å². The van der Waals surface area contributed by atoms with Crippen LogP contribution in [0.5, 0.6) is 0 Å². The van der Waals surface area contributed by atoms with E-state index < -0.39 is 23.1 Å². The Balaban J connectivity index is 1.23. The topological polar surface area (TPSA) is 40.6 Å². The Kier molecular flexibility index (Phi) is 4.83. The van der Waals surface area contributed by atoms with Crippen molar-refractivity contribution in [3.05, 3.63) is 70.3 Å². The van der Waals surface area contributed by atoms with Crippen LogP contribution < -0.4 is 0 Å². The van der Waals surface area contributed by atoms with E-state index in [0.717, 1.165) is 43.9 Å². The highest BCUT2D eigenvalue weighted by Gasteiger charge is 2.45. The Morgan fingerprint density at radius 2 is 1.65 bits per heavy atom. The highest BCUT2D eigenvalue weighted by molar-refractivity contribution is 5.95. The SMILES string of the molecule is Cc1ccc(F)c(C(=O)N2CCC3(CC2)CCN(C(=O)C2Cc4ccccc42)C3)c1F. The molecule has 2 aliphatic heterocycles. The van der Waals surface area contributed by atoms with Gasteiger partial charge in [0.2, 0.25) is 5.91 Å². The Morgan fingerprint density at radius 3 is 2.35 bits per heavy atom. The Morgan fingerprint density at radius 1 is 0.968 bits per heavy atom. The summed E-state index contributed by atoms with van der Waals surface area (Å²) in [6.07, 6.45) is 3.23. The first-order valence-corrected chi connectivity index (χ1v) is 11.0. The number of hydrogen-bond donors (Lipinski definition) is 0. The summed E-state index contributed by atoms with van der Waals surface area (Å²) in [5, 5.41) is 0. The zero-order chi connectivity index (χ0) is 21.8. The molecule has 5 rings (SSSR count). The lowest BCUT2D eigenvalue weighted by Crippen LogP contribution is -2.46. The third kappa shape index (κ3) is 3.33. The molecular formula is C25H26F2N2O2. The molecule has 1 spiro atoms. The molecule has 1 unspecified atom stereocenters. The smallest absolute Gasteiger partial charge is 0.259 e. The second-order valence-corrected chi connectivity index (χ2v) is 9.31. The number of aryl methyl sites for hydroxylation is 1. The molecule has 162 valence electrons. The fourth-order valence-electron chi connectivity index (χ4n) is 5.43. The zero-order valence-corrected chi connectivity index (χ0v) is 17.7. The molecule has 2 amide bonds. The summed E-state index contributed by atoms with van der Waals surface area (Å²) in [6, 6.07) is 10.6. The fourth-order valence-corrected chi connectivity index (χ4v) is 5.43. The van der Waals surface area contributed by atoms with Gasteiger partial charge in [0.15, 0.2) is 0 Å². The number of amides is 2. The van der Waals surface area contributed by atoms with Crippen LogP contribution in [0, 0.1) is 24.0 Å². The molecule has 6 heteroatoms. The minimum Gasteiger partial charge on any atom is -0.342 e. The number of benzene rings is 2. The van der Waals surface area contributed by atoms with Gasteiger partial charge >= 0.3 is 0 Å². The molecule has 2 aromatic carbocycles. The van der Waals surface area contributed by atoms with Gasteiger partial charge in [0, 0.05) is 26.2 Å². The van der Waals surface area contributed by atoms with Crippen molar-refractivity contribution in [3.63, 3.8) is 0 Å². The number of likely N-dealkylation sites (tertiary alicyclic amines) is 2. The van der Waals surface area contributed by atoms with E-state index in [2.05, 4.69) is 6.07 Å². The summed E-state index contributed by atoms with van der Waals surface area (Å²) in [5.74, 6) is -1.99. The van der Waals surface area contributed by atoms with Gasteiger partial charge in [0.05, 0.1) is 5.92 Å². The Labute approximate surface area is 180 Å². The molecular weight excluding hydrogens is 398 g/mol. The molecule has 4 nitrogen and oxygen atoms in total. The number of carbonyl (C=O) groups excluding carboxylic acids is 2. The lowest BCUT2D eigenvalue weighted by Gasteiger charge is -2.40. The van der Waals surface area contributed by atoms with Gasteiger partial charge in [-0.25, -0.2) is 8.78 Å². The van der Waals surface area contributed by atoms with Crippen LogP contribution in [0.1, 0.15) is 52.2 Å². The van der Waals surface area contributed by atoms with E-state index in [4.69, 9.17) is 0 Å². The van der Waals surface area contributed by atoms with Crippen LogP contribution in [-0.4, -0.2) is 47.8 Å². The first kappa shape index (κ1) is 20.2. The molecule has 2 aromatic rings. The van der Waals surface area contributed by atoms with Gasteiger partial charge in [0.1, 0.15) is 17.2 Å². The quantitative estimate of drug-likeness (QED) is 0.729. The standard InChI is InChI=1S/C25H26F2N2O2/c1-16-6-7-20(26)21(22(16)27)24(31)28-11-8-25(9-12-28)10-13-29(15-25)23(30)19-14-17-4-2-3-5-18(17)19/h2-7,19H,8-15H2,1H3. The van der Waals surface area contributed by atoms with Crippen LogP contribution in [-0.2, 0) is 11.2 Å². The molecule has 0 aromatic heterocycles. The largest absolute Gasteiger partial charge is 0.342 e. The molecule has 2 heterocycles. The van der Waals surface area contributed by atoms with Crippen LogP contribution in [0.25, 0.3) is 0 Å². The third-order valence-electron chi connectivity index (χ3n) is 7.51. The summed E-state index contributed by atoms with van der Waals surface area (Å²) in [7, 11) is 0. The first-order valence-electron chi connectivity index (χ1n) is 11.0. The fraction of sp³-hybridized carbons (Fsp3) is 0.440. The normalized spacial score (nSPS) is 21.7. The molecule has 0 N–H and O–H groups in total. The first-order chi connectivity index (χ1) is 14.9. The average Bonchev–Trinajstić information content (AvgIpc) is 3.16. The minimum absolute atomic E-state index is 0.000596. The number of rotatable bonds is 2. The maximum Gasteiger partial charge on any atom is 0.259 e. The van der Waals surface area contributed by atoms with Crippen molar-refractivity contribution in [1.29, 1.82) is 0 Å². The van der Waals surface area contributed by atoms with Crippen molar-refractivity contribution < 1.29 is 18.4 Å². The predicted molar refractivity (Wildman–Crippen MR) is 113 cm³/mol. The van der Waals surface area contributed by atoms with Crippen LogP contribution in [0.2, 0.25) is 0 Å². The molecule has 2 saturated heterocycles. The number of piperidine rings is 1. The van der Waals surface area contributed by atoms with Crippen LogP contribution in [0.3, 0.4) is 0 Å². The molecule has 3 aliphatic rings. The monoisotopic (exact) mass is 424 g/mol. The summed E-state index contributed by atoms with van der Waals surface area (Å²) < 4.78 is 28.5. The number of carbonyl (C=O) groups is 2. The average molecular weight is 424 g/mol. The van der Waals surface area contributed by atoms with E-state index in [0.29, 0.717) is 19.6 Å². The summed E-state index contributed by atoms with van der Waals surface area (Å²) in [4.78, 5) is 29.4. The van der Waals surface area contributed by atoms with Crippen molar-refractivity contribution >= 4 is 11.8 Å². The van der Waals surface area contributed by atoms with Gasteiger partial charge in [-0.15, -0.1) is 0 Å². The number of fused-ring (bicyclic) bond motifs is 1. The van der Waals surface area contributed by atoms with Crippen LogP contribution in [0.15, 0.2) is 36.4 Å².